The van der Waals surface area contributed by atoms with E-state index in [9.17, 15) is 9.59 Å². The fraction of sp³-hybridized carbons (Fsp3) is 0.222. The van der Waals surface area contributed by atoms with Gasteiger partial charge in [-0.2, -0.15) is 0 Å². The predicted octanol–water partition coefficient (Wildman–Crippen LogP) is 3.45. The van der Waals surface area contributed by atoms with E-state index in [-0.39, 0.29) is 5.91 Å². The zero-order valence-corrected chi connectivity index (χ0v) is 14.2. The molecule has 0 fully saturated rings. The number of hydrogen-bond acceptors (Lipinski definition) is 4. The Morgan fingerprint density at radius 3 is 2.56 bits per heavy atom. The van der Waals surface area contributed by atoms with E-state index in [1.54, 1.807) is 63.4 Å². The van der Waals surface area contributed by atoms with Crippen molar-refractivity contribution in [3.63, 3.8) is 0 Å². The molecule has 0 atom stereocenters. The zero-order valence-electron chi connectivity index (χ0n) is 14.2. The second-order valence-corrected chi connectivity index (χ2v) is 6.09. The summed E-state index contributed by atoms with van der Waals surface area (Å²) in [6, 6.07) is 11.7. The molecule has 3 amide bonds. The maximum absolute atomic E-state index is 12.2. The Hall–Kier alpha value is -3.22. The number of carbonyl (C=O) groups is 2. The molecule has 2 aromatic carbocycles. The molecule has 0 saturated carbocycles. The average Bonchev–Trinajstić information content (AvgIpc) is 2.56. The van der Waals surface area contributed by atoms with Crippen molar-refractivity contribution in [2.45, 2.75) is 19.4 Å². The van der Waals surface area contributed by atoms with Gasteiger partial charge in [0.05, 0.1) is 12.8 Å². The molecule has 1 aliphatic rings. The summed E-state index contributed by atoms with van der Waals surface area (Å²) in [5.41, 5.74) is 0.766. The summed E-state index contributed by atoms with van der Waals surface area (Å²) >= 11 is 0. The summed E-state index contributed by atoms with van der Waals surface area (Å²) in [5, 5.41) is 8.24. The molecular weight excluding hydrogens is 322 g/mol. The monoisotopic (exact) mass is 341 g/mol. The number of fused-ring (bicyclic) bond motifs is 1. The lowest BCUT2D eigenvalue weighted by atomic mass is 10.1. The minimum absolute atomic E-state index is 0.212. The van der Waals surface area contributed by atoms with Crippen molar-refractivity contribution >= 4 is 29.0 Å². The number of rotatable bonds is 3. The Morgan fingerprint density at radius 1 is 1.12 bits per heavy atom. The van der Waals surface area contributed by atoms with E-state index < -0.39 is 11.6 Å². The van der Waals surface area contributed by atoms with E-state index in [1.807, 2.05) is 0 Å². The zero-order chi connectivity index (χ0) is 18.0. The highest BCUT2D eigenvalue weighted by Crippen LogP contribution is 2.35. The van der Waals surface area contributed by atoms with Crippen LogP contribution in [-0.2, 0) is 4.79 Å². The summed E-state index contributed by atoms with van der Waals surface area (Å²) in [6.45, 7) is 3.36. The molecule has 3 N–H and O–H groups in total. The van der Waals surface area contributed by atoms with E-state index in [1.165, 1.54) is 0 Å². The van der Waals surface area contributed by atoms with Crippen LogP contribution in [0.15, 0.2) is 42.5 Å². The van der Waals surface area contributed by atoms with Crippen LogP contribution in [0.1, 0.15) is 13.8 Å². The minimum atomic E-state index is -0.964. The number of nitrogens with one attached hydrogen (secondary N) is 3. The van der Waals surface area contributed by atoms with Crippen molar-refractivity contribution in [3.05, 3.63) is 42.5 Å². The lowest BCUT2D eigenvalue weighted by molar-refractivity contribution is -0.129. The van der Waals surface area contributed by atoms with Crippen LogP contribution in [-0.4, -0.2) is 24.6 Å². The summed E-state index contributed by atoms with van der Waals surface area (Å²) in [7, 11) is 1.56. The fourth-order valence-corrected chi connectivity index (χ4v) is 2.38. The highest BCUT2D eigenvalue weighted by molar-refractivity contribution is 6.02. The third-order valence-corrected chi connectivity index (χ3v) is 3.73. The molecule has 0 radical (unpaired) electrons. The number of ether oxygens (including phenoxy) is 2. The van der Waals surface area contributed by atoms with Gasteiger partial charge in [0.25, 0.3) is 5.91 Å². The lowest BCUT2D eigenvalue weighted by Crippen LogP contribution is -2.45. The second kappa shape index (κ2) is 6.35. The van der Waals surface area contributed by atoms with Crippen LogP contribution in [0.2, 0.25) is 0 Å². The van der Waals surface area contributed by atoms with E-state index in [0.717, 1.165) is 0 Å². The molecule has 25 heavy (non-hydrogen) atoms. The van der Waals surface area contributed by atoms with Crippen molar-refractivity contribution in [2.75, 3.05) is 23.1 Å². The lowest BCUT2D eigenvalue weighted by Gasteiger charge is -2.31. The van der Waals surface area contributed by atoms with Crippen LogP contribution in [0.5, 0.6) is 11.5 Å². The van der Waals surface area contributed by atoms with Gasteiger partial charge in [0, 0.05) is 23.5 Å². The molecule has 2 aromatic rings. The minimum Gasteiger partial charge on any atom is -0.497 e. The van der Waals surface area contributed by atoms with Gasteiger partial charge in [0.15, 0.2) is 5.60 Å². The molecule has 0 spiro atoms. The Balaban J connectivity index is 1.71. The Bertz CT molecular complexity index is 833. The Labute approximate surface area is 145 Å². The first kappa shape index (κ1) is 16.6. The van der Waals surface area contributed by atoms with Gasteiger partial charge < -0.3 is 25.4 Å². The van der Waals surface area contributed by atoms with Gasteiger partial charge in [-0.3, -0.25) is 4.79 Å². The largest absolute Gasteiger partial charge is 0.497 e. The molecular formula is C18H19N3O4. The number of hydrogen-bond donors (Lipinski definition) is 3. The van der Waals surface area contributed by atoms with Crippen LogP contribution in [0.25, 0.3) is 0 Å². The summed E-state index contributed by atoms with van der Waals surface area (Å²) in [5.74, 6) is 0.943. The van der Waals surface area contributed by atoms with Gasteiger partial charge >= 0.3 is 6.03 Å². The number of anilines is 3. The predicted molar refractivity (Wildman–Crippen MR) is 95.4 cm³/mol. The third kappa shape index (κ3) is 3.65. The van der Waals surface area contributed by atoms with E-state index in [0.29, 0.717) is 28.6 Å². The first-order valence-corrected chi connectivity index (χ1v) is 7.74. The Kier molecular flexibility index (Phi) is 4.22. The molecule has 7 heteroatoms. The topological polar surface area (TPSA) is 88.7 Å². The van der Waals surface area contributed by atoms with Crippen LogP contribution < -0.4 is 25.4 Å². The SMILES string of the molecule is COc1cccc(NC(=O)Nc2ccc3c(c2)OC(C)(C)C(=O)N3)c1. The number of carbonyl (C=O) groups excluding carboxylic acids is 2. The van der Waals surface area contributed by atoms with Crippen molar-refractivity contribution in [2.24, 2.45) is 0 Å². The molecule has 7 nitrogen and oxygen atoms in total. The number of benzene rings is 2. The highest BCUT2D eigenvalue weighted by Gasteiger charge is 2.35. The molecule has 1 aliphatic heterocycles. The van der Waals surface area contributed by atoms with Gasteiger partial charge in [-0.25, -0.2) is 4.79 Å². The van der Waals surface area contributed by atoms with Gasteiger partial charge in [-0.15, -0.1) is 0 Å². The summed E-state index contributed by atoms with van der Waals surface area (Å²) < 4.78 is 10.8. The quantitative estimate of drug-likeness (QED) is 0.798. The molecule has 0 aliphatic carbocycles. The maximum atomic E-state index is 12.2. The third-order valence-electron chi connectivity index (χ3n) is 3.73. The van der Waals surface area contributed by atoms with Gasteiger partial charge in [0.1, 0.15) is 11.5 Å². The van der Waals surface area contributed by atoms with Gasteiger partial charge in [-0.1, -0.05) is 6.07 Å². The van der Waals surface area contributed by atoms with Gasteiger partial charge in [-0.05, 0) is 38.1 Å². The van der Waals surface area contributed by atoms with E-state index in [4.69, 9.17) is 9.47 Å². The van der Waals surface area contributed by atoms with Crippen molar-refractivity contribution in [1.29, 1.82) is 0 Å². The molecule has 0 aromatic heterocycles. The van der Waals surface area contributed by atoms with Crippen molar-refractivity contribution in [1.82, 2.24) is 0 Å². The molecule has 0 saturated heterocycles. The number of urea groups is 1. The summed E-state index contributed by atoms with van der Waals surface area (Å²) in [6.07, 6.45) is 0. The number of methoxy groups -OCH3 is 1. The smallest absolute Gasteiger partial charge is 0.323 e. The molecule has 3 rings (SSSR count). The van der Waals surface area contributed by atoms with Crippen LogP contribution in [0.4, 0.5) is 21.9 Å². The standard InChI is InChI=1S/C18H19N3O4/c1-18(2)16(22)21-14-8-7-12(10-15(14)25-18)20-17(23)19-11-5-4-6-13(9-11)24-3/h4-10H,1-3H3,(H,21,22)(H2,19,20,23). The van der Waals surface area contributed by atoms with Crippen LogP contribution in [0.3, 0.4) is 0 Å². The highest BCUT2D eigenvalue weighted by atomic mass is 16.5. The van der Waals surface area contributed by atoms with Crippen molar-refractivity contribution < 1.29 is 19.1 Å². The maximum Gasteiger partial charge on any atom is 0.323 e. The molecule has 0 bridgehead atoms. The molecule has 1 heterocycles. The van der Waals surface area contributed by atoms with Crippen LogP contribution >= 0.6 is 0 Å². The number of amides is 3. The molecule has 0 unspecified atom stereocenters. The van der Waals surface area contributed by atoms with Crippen molar-refractivity contribution in [3.8, 4) is 11.5 Å². The van der Waals surface area contributed by atoms with E-state index in [2.05, 4.69) is 16.0 Å². The first-order chi connectivity index (χ1) is 11.9. The second-order valence-electron chi connectivity index (χ2n) is 6.09. The average molecular weight is 341 g/mol. The molecule has 130 valence electrons. The fourth-order valence-electron chi connectivity index (χ4n) is 2.38. The van der Waals surface area contributed by atoms with Crippen LogP contribution in [0, 0.1) is 0 Å². The first-order valence-electron chi connectivity index (χ1n) is 7.74. The van der Waals surface area contributed by atoms with E-state index >= 15 is 0 Å². The summed E-state index contributed by atoms with van der Waals surface area (Å²) in [4.78, 5) is 24.0. The van der Waals surface area contributed by atoms with Gasteiger partial charge in [0.2, 0.25) is 0 Å². The Morgan fingerprint density at radius 2 is 1.84 bits per heavy atom. The normalized spacial score (nSPS) is 14.6.